The van der Waals surface area contributed by atoms with Crippen molar-refractivity contribution in [2.24, 2.45) is 0 Å². The molecule has 0 bridgehead atoms. The summed E-state index contributed by atoms with van der Waals surface area (Å²) in [5, 5.41) is 5.29. The largest absolute Gasteiger partial charge is 0.466 e. The Balaban J connectivity index is 1.96. The van der Waals surface area contributed by atoms with Crippen LogP contribution in [0.2, 0.25) is 0 Å². The maximum absolute atomic E-state index is 11.2. The number of carbonyl (C=O) groups excluding carboxylic acids is 2. The standard InChI is InChI=1S/C16H18N2O3S2/c1-10-8-13(23-14(10)6-7-15(20)21-3)5-4-12-9-22-16(18-12)17-11(2)19/h6-9H,4-5H2,1-3H3,(H,17,18,19)/b7-6+. The normalized spacial score (nSPS) is 10.9. The predicted octanol–water partition coefficient (Wildman–Crippen LogP) is 3.44. The molecule has 23 heavy (non-hydrogen) atoms. The molecule has 1 amide bonds. The number of nitrogens with zero attached hydrogens (tertiary/aromatic N) is 1. The van der Waals surface area contributed by atoms with E-state index in [1.807, 2.05) is 12.3 Å². The van der Waals surface area contributed by atoms with Gasteiger partial charge in [-0.1, -0.05) is 0 Å². The summed E-state index contributed by atoms with van der Waals surface area (Å²) in [5.74, 6) is -0.464. The third-order valence-electron chi connectivity index (χ3n) is 3.04. The van der Waals surface area contributed by atoms with Crippen LogP contribution in [0.25, 0.3) is 6.08 Å². The van der Waals surface area contributed by atoms with Crippen LogP contribution < -0.4 is 5.32 Å². The fourth-order valence-electron chi connectivity index (χ4n) is 1.95. The number of hydrogen-bond donors (Lipinski definition) is 1. The molecule has 0 atom stereocenters. The minimum Gasteiger partial charge on any atom is -0.466 e. The zero-order valence-electron chi connectivity index (χ0n) is 13.2. The number of rotatable bonds is 6. The molecule has 0 radical (unpaired) electrons. The molecule has 0 unspecified atom stereocenters. The number of aryl methyl sites for hydroxylation is 3. The van der Waals surface area contributed by atoms with Crippen molar-refractivity contribution in [2.45, 2.75) is 26.7 Å². The molecule has 2 heterocycles. The van der Waals surface area contributed by atoms with Gasteiger partial charge in [0.2, 0.25) is 5.91 Å². The maximum atomic E-state index is 11.2. The number of ether oxygens (including phenoxy) is 1. The van der Waals surface area contributed by atoms with Crippen molar-refractivity contribution in [3.63, 3.8) is 0 Å². The van der Waals surface area contributed by atoms with Gasteiger partial charge in [-0.2, -0.15) is 0 Å². The van der Waals surface area contributed by atoms with Gasteiger partial charge >= 0.3 is 5.97 Å². The van der Waals surface area contributed by atoms with Crippen LogP contribution in [0.5, 0.6) is 0 Å². The fourth-order valence-corrected chi connectivity index (χ4v) is 3.81. The lowest BCUT2D eigenvalue weighted by molar-refractivity contribution is -0.134. The number of nitrogens with one attached hydrogen (secondary N) is 1. The first kappa shape index (κ1) is 17.4. The van der Waals surface area contributed by atoms with Crippen molar-refractivity contribution < 1.29 is 14.3 Å². The summed E-state index contributed by atoms with van der Waals surface area (Å²) in [6.07, 6.45) is 4.91. The van der Waals surface area contributed by atoms with Gasteiger partial charge in [-0.15, -0.1) is 22.7 Å². The number of esters is 1. The molecule has 0 fully saturated rings. The summed E-state index contributed by atoms with van der Waals surface area (Å²) >= 11 is 3.09. The number of thiophene rings is 1. The van der Waals surface area contributed by atoms with Gasteiger partial charge in [0.05, 0.1) is 12.8 Å². The van der Waals surface area contributed by atoms with Crippen LogP contribution in [0.15, 0.2) is 17.5 Å². The number of hydrogen-bond acceptors (Lipinski definition) is 6. The van der Waals surface area contributed by atoms with Crippen LogP contribution >= 0.6 is 22.7 Å². The highest BCUT2D eigenvalue weighted by molar-refractivity contribution is 7.14. The molecule has 0 saturated heterocycles. The van der Waals surface area contributed by atoms with Gasteiger partial charge < -0.3 is 10.1 Å². The minimum absolute atomic E-state index is 0.109. The third kappa shape index (κ3) is 5.30. The molecular weight excluding hydrogens is 332 g/mol. The van der Waals surface area contributed by atoms with Crippen LogP contribution in [0.4, 0.5) is 5.13 Å². The van der Waals surface area contributed by atoms with E-state index in [-0.39, 0.29) is 11.9 Å². The summed E-state index contributed by atoms with van der Waals surface area (Å²) in [7, 11) is 1.36. The molecule has 122 valence electrons. The Kier molecular flexibility index (Phi) is 6.06. The number of methoxy groups -OCH3 is 1. The topological polar surface area (TPSA) is 68.3 Å². The lowest BCUT2D eigenvalue weighted by atomic mass is 10.2. The molecule has 0 spiro atoms. The molecule has 1 N–H and O–H groups in total. The summed E-state index contributed by atoms with van der Waals surface area (Å²) < 4.78 is 4.60. The van der Waals surface area contributed by atoms with Gasteiger partial charge in [0.15, 0.2) is 5.13 Å². The first-order valence-electron chi connectivity index (χ1n) is 7.05. The molecule has 5 nitrogen and oxygen atoms in total. The Morgan fingerprint density at radius 3 is 2.87 bits per heavy atom. The zero-order chi connectivity index (χ0) is 16.8. The highest BCUT2D eigenvalue weighted by Crippen LogP contribution is 2.25. The van der Waals surface area contributed by atoms with Crippen molar-refractivity contribution >= 4 is 45.8 Å². The molecule has 2 aromatic heterocycles. The molecular formula is C16H18N2O3S2. The van der Waals surface area contributed by atoms with Crippen molar-refractivity contribution in [1.82, 2.24) is 4.98 Å². The Morgan fingerprint density at radius 1 is 1.39 bits per heavy atom. The van der Waals surface area contributed by atoms with E-state index in [9.17, 15) is 9.59 Å². The van der Waals surface area contributed by atoms with Crippen molar-refractivity contribution in [1.29, 1.82) is 0 Å². The number of amides is 1. The average Bonchev–Trinajstić information content (AvgIpc) is 3.08. The van der Waals surface area contributed by atoms with E-state index in [1.165, 1.54) is 36.3 Å². The Hall–Kier alpha value is -1.99. The van der Waals surface area contributed by atoms with Gasteiger partial charge in [0, 0.05) is 28.1 Å². The van der Waals surface area contributed by atoms with Crippen LogP contribution in [-0.2, 0) is 27.2 Å². The number of aromatic nitrogens is 1. The molecule has 0 aliphatic carbocycles. The van der Waals surface area contributed by atoms with Crippen LogP contribution in [0.3, 0.4) is 0 Å². The molecule has 0 aromatic carbocycles. The summed E-state index contributed by atoms with van der Waals surface area (Å²) in [6, 6.07) is 2.13. The summed E-state index contributed by atoms with van der Waals surface area (Å²) in [4.78, 5) is 28.8. The fraction of sp³-hybridized carbons (Fsp3) is 0.312. The van der Waals surface area contributed by atoms with Crippen molar-refractivity contribution in [3.05, 3.63) is 38.5 Å². The highest BCUT2D eigenvalue weighted by Gasteiger charge is 2.07. The van der Waals surface area contributed by atoms with E-state index in [4.69, 9.17) is 0 Å². The average molecular weight is 350 g/mol. The third-order valence-corrected chi connectivity index (χ3v) is 5.11. The lowest BCUT2D eigenvalue weighted by Crippen LogP contribution is -2.05. The van der Waals surface area contributed by atoms with Crippen LogP contribution in [0, 0.1) is 6.92 Å². The first-order chi connectivity index (χ1) is 11.0. The van der Waals surface area contributed by atoms with Crippen LogP contribution in [0.1, 0.15) is 27.9 Å². The second-order valence-corrected chi connectivity index (χ2v) is 6.97. The number of anilines is 1. The SMILES string of the molecule is COC(=O)/C=C/c1sc(CCc2csc(NC(C)=O)n2)cc1C. The van der Waals surface area contributed by atoms with E-state index < -0.39 is 0 Å². The van der Waals surface area contributed by atoms with Gasteiger partial charge in [-0.3, -0.25) is 4.79 Å². The van der Waals surface area contributed by atoms with Crippen molar-refractivity contribution in [3.8, 4) is 0 Å². The summed E-state index contributed by atoms with van der Waals surface area (Å²) in [5.41, 5.74) is 2.11. The molecule has 2 rings (SSSR count). The van der Waals surface area contributed by atoms with E-state index in [1.54, 1.807) is 17.4 Å². The molecule has 0 aliphatic heterocycles. The smallest absolute Gasteiger partial charge is 0.330 e. The van der Waals surface area contributed by atoms with E-state index in [2.05, 4.69) is 21.1 Å². The maximum Gasteiger partial charge on any atom is 0.330 e. The number of thiazole rings is 1. The van der Waals surface area contributed by atoms with Gasteiger partial charge in [0.1, 0.15) is 0 Å². The predicted molar refractivity (Wildman–Crippen MR) is 93.9 cm³/mol. The number of carbonyl (C=O) groups is 2. The Labute approximate surface area is 143 Å². The molecule has 0 aliphatic rings. The van der Waals surface area contributed by atoms with E-state index >= 15 is 0 Å². The first-order valence-corrected chi connectivity index (χ1v) is 8.75. The highest BCUT2D eigenvalue weighted by atomic mass is 32.1. The van der Waals surface area contributed by atoms with Crippen LogP contribution in [-0.4, -0.2) is 24.0 Å². The quantitative estimate of drug-likeness (QED) is 0.640. The second-order valence-electron chi connectivity index (χ2n) is 4.94. The Morgan fingerprint density at radius 2 is 2.17 bits per heavy atom. The Bertz CT molecular complexity index is 732. The van der Waals surface area contributed by atoms with Gasteiger partial charge in [0.25, 0.3) is 0 Å². The van der Waals surface area contributed by atoms with E-state index in [0.29, 0.717) is 5.13 Å². The second kappa shape index (κ2) is 8.03. The molecule has 7 heteroatoms. The molecule has 2 aromatic rings. The zero-order valence-corrected chi connectivity index (χ0v) is 14.8. The van der Waals surface area contributed by atoms with Gasteiger partial charge in [-0.05, 0) is 37.5 Å². The van der Waals surface area contributed by atoms with E-state index in [0.717, 1.165) is 29.0 Å². The molecule has 0 saturated carbocycles. The minimum atomic E-state index is -0.354. The lowest BCUT2D eigenvalue weighted by Gasteiger charge is -1.95. The van der Waals surface area contributed by atoms with Crippen molar-refractivity contribution in [2.75, 3.05) is 12.4 Å². The monoisotopic (exact) mass is 350 g/mol. The van der Waals surface area contributed by atoms with Gasteiger partial charge in [-0.25, -0.2) is 9.78 Å². The summed E-state index contributed by atoms with van der Waals surface area (Å²) in [6.45, 7) is 3.49.